The number of aliphatic hydroxyl groups is 5. The molecule has 1 fully saturated rings. The Labute approximate surface area is 339 Å². The Morgan fingerprint density at radius 3 is 2.00 bits per heavy atom. The van der Waals surface area contributed by atoms with Crippen LogP contribution in [0.1, 0.15) is 91.9 Å². The van der Waals surface area contributed by atoms with Gasteiger partial charge in [0.05, 0.1) is 18.8 Å². The molecule has 1 aliphatic rings. The zero-order chi connectivity index (χ0) is 44.2. The Balaban J connectivity index is 0.00000119. The number of carboxylic acid groups (broad SMARTS) is 2. The Kier molecular flexibility index (Phi) is 28.2. The fourth-order valence-corrected chi connectivity index (χ4v) is 5.19. The maximum Gasteiger partial charge on any atom is 0.303 e. The summed E-state index contributed by atoms with van der Waals surface area (Å²) in [6.07, 6.45) is 12.0. The number of aliphatic hydroxyl groups excluding tert-OH is 5. The second-order valence-corrected chi connectivity index (χ2v) is 13.6. The molecule has 330 valence electrons. The lowest BCUT2D eigenvalue weighted by Crippen LogP contribution is -2.65. The van der Waals surface area contributed by atoms with Gasteiger partial charge in [-0.05, 0) is 52.4 Å². The summed E-state index contributed by atoms with van der Waals surface area (Å²) >= 11 is 0. The quantitative estimate of drug-likeness (QED) is 0.0306. The van der Waals surface area contributed by atoms with Crippen molar-refractivity contribution < 1.29 is 74.0 Å². The van der Waals surface area contributed by atoms with Gasteiger partial charge in [-0.2, -0.15) is 0 Å². The molecule has 1 saturated heterocycles. The van der Waals surface area contributed by atoms with Crippen molar-refractivity contribution in [3.05, 3.63) is 48.6 Å². The van der Waals surface area contributed by atoms with Crippen LogP contribution in [0.2, 0.25) is 0 Å². The smallest absolute Gasteiger partial charge is 0.303 e. The SMILES string of the molecule is CC(=O)N[C@H]1C(O)O[C@H](CO)[C@@H](O)[C@@H]1O[C@H](C)C(=O)N[C@@H](C)C(=O)N[C@H](CCC(=O)O)C(N)=O.CCCCC/C=C\C[C@@H](O)/C=C/C=C/C=C\[C@@H](O)CCCC(=O)O. The van der Waals surface area contributed by atoms with Crippen molar-refractivity contribution in [2.45, 2.75) is 153 Å². The van der Waals surface area contributed by atoms with E-state index in [-0.39, 0.29) is 12.8 Å². The van der Waals surface area contributed by atoms with E-state index in [2.05, 4.69) is 29.0 Å². The normalized spacial score (nSPS) is 22.1. The molecule has 0 aromatic heterocycles. The summed E-state index contributed by atoms with van der Waals surface area (Å²) in [6.45, 7) is 5.24. The molecule has 4 amide bonds. The molecular weight excluding hydrogens is 764 g/mol. The minimum atomic E-state index is -1.65. The third kappa shape index (κ3) is 24.3. The van der Waals surface area contributed by atoms with E-state index in [1.54, 1.807) is 36.5 Å². The van der Waals surface area contributed by atoms with Gasteiger partial charge in [-0.15, -0.1) is 0 Å². The Morgan fingerprint density at radius 2 is 1.45 bits per heavy atom. The van der Waals surface area contributed by atoms with E-state index in [0.29, 0.717) is 19.3 Å². The summed E-state index contributed by atoms with van der Waals surface area (Å²) < 4.78 is 10.6. The van der Waals surface area contributed by atoms with Gasteiger partial charge in [-0.1, -0.05) is 68.4 Å². The lowest BCUT2D eigenvalue weighted by atomic mass is 9.96. The average molecular weight is 829 g/mol. The van der Waals surface area contributed by atoms with Crippen molar-refractivity contribution in [2.75, 3.05) is 6.61 Å². The first kappa shape index (κ1) is 53.5. The van der Waals surface area contributed by atoms with Gasteiger partial charge in [0.1, 0.15) is 42.5 Å². The maximum absolute atomic E-state index is 12.5. The highest BCUT2D eigenvalue weighted by Crippen LogP contribution is 2.24. The zero-order valence-corrected chi connectivity index (χ0v) is 33.6. The number of carbonyl (C=O) groups is 6. The van der Waals surface area contributed by atoms with Crippen molar-refractivity contribution in [3.8, 4) is 0 Å². The predicted molar refractivity (Wildman–Crippen MR) is 210 cm³/mol. The van der Waals surface area contributed by atoms with Gasteiger partial charge >= 0.3 is 11.9 Å². The molecule has 0 aliphatic carbocycles. The molecular formula is C39H64N4O15. The first-order chi connectivity index (χ1) is 27.3. The summed E-state index contributed by atoms with van der Waals surface area (Å²) in [5.41, 5.74) is 5.16. The highest BCUT2D eigenvalue weighted by molar-refractivity contribution is 5.92. The van der Waals surface area contributed by atoms with Crippen molar-refractivity contribution in [2.24, 2.45) is 5.73 Å². The molecule has 19 nitrogen and oxygen atoms in total. The Bertz CT molecular complexity index is 1390. The summed E-state index contributed by atoms with van der Waals surface area (Å²) in [6, 6.07) is -3.71. The highest BCUT2D eigenvalue weighted by Gasteiger charge is 2.47. The van der Waals surface area contributed by atoms with Gasteiger partial charge in [-0.3, -0.25) is 28.8 Å². The van der Waals surface area contributed by atoms with Crippen LogP contribution in [0.15, 0.2) is 48.6 Å². The zero-order valence-electron chi connectivity index (χ0n) is 33.6. The van der Waals surface area contributed by atoms with E-state index in [9.17, 15) is 54.3 Å². The number of aliphatic carboxylic acids is 2. The number of unbranched alkanes of at least 4 members (excludes halogenated alkanes) is 3. The van der Waals surface area contributed by atoms with Crippen molar-refractivity contribution in [1.29, 1.82) is 0 Å². The minimum Gasteiger partial charge on any atom is -0.481 e. The fourth-order valence-electron chi connectivity index (χ4n) is 5.19. The van der Waals surface area contributed by atoms with Crippen LogP contribution in [0.5, 0.6) is 0 Å². The van der Waals surface area contributed by atoms with E-state index in [0.717, 1.165) is 13.3 Å². The van der Waals surface area contributed by atoms with Crippen LogP contribution in [0.3, 0.4) is 0 Å². The van der Waals surface area contributed by atoms with E-state index in [1.807, 2.05) is 6.08 Å². The number of carboxylic acids is 2. The number of ether oxygens (including phenoxy) is 2. The van der Waals surface area contributed by atoms with Gasteiger partial charge in [-0.25, -0.2) is 0 Å². The number of hydrogen-bond acceptors (Lipinski definition) is 13. The fraction of sp³-hybridized carbons (Fsp3) is 0.641. The Morgan fingerprint density at radius 1 is 0.828 bits per heavy atom. The van der Waals surface area contributed by atoms with E-state index in [4.69, 9.17) is 25.4 Å². The molecule has 12 N–H and O–H groups in total. The number of rotatable bonds is 26. The van der Waals surface area contributed by atoms with Gasteiger partial charge < -0.3 is 66.9 Å². The van der Waals surface area contributed by atoms with E-state index in [1.165, 1.54) is 33.1 Å². The van der Waals surface area contributed by atoms with Crippen molar-refractivity contribution in [3.63, 3.8) is 0 Å². The third-order valence-electron chi connectivity index (χ3n) is 8.44. The summed E-state index contributed by atoms with van der Waals surface area (Å²) in [5, 5.41) is 73.4. The molecule has 1 unspecified atom stereocenters. The van der Waals surface area contributed by atoms with Crippen LogP contribution in [0, 0.1) is 0 Å². The predicted octanol–water partition coefficient (Wildman–Crippen LogP) is -0.167. The van der Waals surface area contributed by atoms with Crippen LogP contribution < -0.4 is 21.7 Å². The molecule has 0 aromatic carbocycles. The molecule has 10 atom stereocenters. The standard InChI is InChI=1S/C20H32O4.C19H32N4O11/c1-2-3-4-5-6-9-13-18(21)14-10-7-8-11-15-19(22)16-12-17-20(23)24;1-7(17(30)23-10(16(20)29)4-5-12(26)27)21-18(31)8(2)33-15-13(22-9(3)25)19(32)34-11(6-24)14(15)28/h6-11,14-15,18-19,21-22H,2-5,12-13,16-17H2,1H3,(H,23,24);7-8,10-11,13-15,19,24,28,32H,4-6H2,1-3H3,(H2,20,29)(H,21,31)(H,22,25)(H,23,30)(H,26,27)/b8-7+,9-6-,14-10+,15-11-;/t18-,19-;7-,8+,10+,11+,13+,14+,15+,19?/m10/s1. The van der Waals surface area contributed by atoms with Gasteiger partial charge in [0.15, 0.2) is 6.29 Å². The van der Waals surface area contributed by atoms with Gasteiger partial charge in [0, 0.05) is 19.8 Å². The molecule has 19 heteroatoms. The summed E-state index contributed by atoms with van der Waals surface area (Å²) in [4.78, 5) is 68.8. The number of hydrogen-bond donors (Lipinski definition) is 11. The molecule has 0 bridgehead atoms. The molecule has 1 rings (SSSR count). The number of primary amides is 1. The molecule has 0 aromatic rings. The van der Waals surface area contributed by atoms with Crippen LogP contribution in [0.4, 0.5) is 0 Å². The maximum atomic E-state index is 12.5. The largest absolute Gasteiger partial charge is 0.481 e. The summed E-state index contributed by atoms with van der Waals surface area (Å²) in [7, 11) is 0. The average Bonchev–Trinajstić information content (AvgIpc) is 3.15. The Hall–Kier alpha value is -4.50. The first-order valence-electron chi connectivity index (χ1n) is 19.3. The van der Waals surface area contributed by atoms with E-state index >= 15 is 0 Å². The number of carbonyl (C=O) groups excluding carboxylic acids is 4. The van der Waals surface area contributed by atoms with Gasteiger partial charge in [0.2, 0.25) is 23.6 Å². The number of nitrogens with two attached hydrogens (primary N) is 1. The van der Waals surface area contributed by atoms with Crippen LogP contribution >= 0.6 is 0 Å². The number of nitrogens with one attached hydrogen (secondary N) is 3. The topological polar surface area (TPSA) is 325 Å². The van der Waals surface area contributed by atoms with E-state index < -0.39 is 110 Å². The lowest BCUT2D eigenvalue weighted by Gasteiger charge is -2.43. The van der Waals surface area contributed by atoms with Gasteiger partial charge in [0.25, 0.3) is 0 Å². The minimum absolute atomic E-state index is 0.0778. The second-order valence-electron chi connectivity index (χ2n) is 13.6. The number of allylic oxidation sites excluding steroid dienone is 5. The summed E-state index contributed by atoms with van der Waals surface area (Å²) in [5.74, 6) is -5.18. The molecule has 1 aliphatic heterocycles. The first-order valence-corrected chi connectivity index (χ1v) is 19.3. The molecule has 0 saturated carbocycles. The number of amides is 4. The molecule has 0 radical (unpaired) electrons. The third-order valence-corrected chi connectivity index (χ3v) is 8.44. The highest BCUT2D eigenvalue weighted by atomic mass is 16.6. The van der Waals surface area contributed by atoms with Crippen LogP contribution in [-0.2, 0) is 38.2 Å². The van der Waals surface area contributed by atoms with Crippen LogP contribution in [-0.4, -0.2) is 139 Å². The monoisotopic (exact) mass is 828 g/mol. The molecule has 0 spiro atoms. The lowest BCUT2D eigenvalue weighted by molar-refractivity contribution is -0.266. The van der Waals surface area contributed by atoms with Crippen molar-refractivity contribution >= 4 is 35.6 Å². The second kappa shape index (κ2) is 30.6. The molecule has 58 heavy (non-hydrogen) atoms. The van der Waals surface area contributed by atoms with Crippen molar-refractivity contribution in [1.82, 2.24) is 16.0 Å². The molecule has 1 heterocycles. The van der Waals surface area contributed by atoms with Crippen LogP contribution in [0.25, 0.3) is 0 Å².